The molecule has 1 fully saturated rings. The van der Waals surface area contributed by atoms with E-state index in [4.69, 9.17) is 0 Å². The highest BCUT2D eigenvalue weighted by atomic mass is 32.2. The van der Waals surface area contributed by atoms with Gasteiger partial charge in [0.2, 0.25) is 10.0 Å². The van der Waals surface area contributed by atoms with Gasteiger partial charge in [0.05, 0.1) is 11.4 Å². The summed E-state index contributed by atoms with van der Waals surface area (Å²) in [6.07, 6.45) is 3.34. The molecule has 1 aliphatic rings. The summed E-state index contributed by atoms with van der Waals surface area (Å²) in [7, 11) is -3.23. The predicted octanol–water partition coefficient (Wildman–Crippen LogP) is 3.37. The fourth-order valence-electron chi connectivity index (χ4n) is 3.27. The van der Waals surface area contributed by atoms with Crippen LogP contribution in [0.3, 0.4) is 0 Å². The maximum Gasteiger partial charge on any atom is 0.251 e. The number of hydrogen-bond acceptors (Lipinski definition) is 3. The summed E-state index contributed by atoms with van der Waals surface area (Å²) in [5.41, 5.74) is 2.42. The van der Waals surface area contributed by atoms with Gasteiger partial charge < -0.3 is 5.32 Å². The number of anilines is 1. The average molecular weight is 387 g/mol. The van der Waals surface area contributed by atoms with Crippen LogP contribution in [0.4, 0.5) is 5.69 Å². The number of rotatable bonds is 6. The van der Waals surface area contributed by atoms with Crippen LogP contribution >= 0.6 is 0 Å². The van der Waals surface area contributed by atoms with Gasteiger partial charge in [-0.3, -0.25) is 9.10 Å². The van der Waals surface area contributed by atoms with Gasteiger partial charge in [0, 0.05) is 18.2 Å². The highest BCUT2D eigenvalue weighted by molar-refractivity contribution is 7.92. The van der Waals surface area contributed by atoms with Crippen molar-refractivity contribution in [2.24, 2.45) is 0 Å². The van der Waals surface area contributed by atoms with Crippen LogP contribution in [0.5, 0.6) is 0 Å². The Morgan fingerprint density at radius 2 is 1.78 bits per heavy atom. The molecule has 1 saturated heterocycles. The molecule has 144 valence electrons. The molecule has 0 radical (unpaired) electrons. The second-order valence-electron chi connectivity index (χ2n) is 7.04. The van der Waals surface area contributed by atoms with E-state index < -0.39 is 10.0 Å². The van der Waals surface area contributed by atoms with Crippen LogP contribution in [0.15, 0.2) is 54.6 Å². The molecule has 0 spiro atoms. The highest BCUT2D eigenvalue weighted by Crippen LogP contribution is 2.23. The van der Waals surface area contributed by atoms with Gasteiger partial charge in [0.25, 0.3) is 5.91 Å². The van der Waals surface area contributed by atoms with Crippen molar-refractivity contribution in [3.63, 3.8) is 0 Å². The fraction of sp³-hybridized carbons (Fsp3) is 0.381. The van der Waals surface area contributed by atoms with Crippen molar-refractivity contribution < 1.29 is 13.2 Å². The maximum atomic E-state index is 12.4. The Morgan fingerprint density at radius 1 is 1.07 bits per heavy atom. The number of sulfonamides is 1. The number of carbonyl (C=O) groups excluding carboxylic acids is 1. The summed E-state index contributed by atoms with van der Waals surface area (Å²) in [5, 5.41) is 3.01. The molecule has 1 aliphatic heterocycles. The summed E-state index contributed by atoms with van der Waals surface area (Å²) in [6.45, 7) is 2.50. The quantitative estimate of drug-likeness (QED) is 0.828. The minimum atomic E-state index is -3.23. The zero-order valence-corrected chi connectivity index (χ0v) is 16.4. The maximum absolute atomic E-state index is 12.4. The van der Waals surface area contributed by atoms with E-state index in [9.17, 15) is 13.2 Å². The first kappa shape index (κ1) is 19.4. The molecule has 0 unspecified atom stereocenters. The molecule has 0 saturated carbocycles. The van der Waals surface area contributed by atoms with Crippen LogP contribution in [-0.4, -0.2) is 32.7 Å². The van der Waals surface area contributed by atoms with Gasteiger partial charge in [-0.15, -0.1) is 0 Å². The standard InChI is InChI=1S/C21H26N2O3S/c1-17(9-10-18-7-3-2-4-8-18)22-21(24)19-11-13-20(14-12-19)23-15-5-6-16-27(23,25)26/h2-4,7-8,11-14,17H,5-6,9-10,15-16H2,1H3,(H,22,24)/t17-/m1/s1. The van der Waals surface area contributed by atoms with Crippen molar-refractivity contribution in [3.05, 3.63) is 65.7 Å². The Morgan fingerprint density at radius 3 is 2.44 bits per heavy atom. The lowest BCUT2D eigenvalue weighted by atomic mass is 10.1. The molecule has 5 nitrogen and oxygen atoms in total. The summed E-state index contributed by atoms with van der Waals surface area (Å²) in [4.78, 5) is 12.4. The van der Waals surface area contributed by atoms with Crippen molar-refractivity contribution >= 4 is 21.6 Å². The second kappa shape index (κ2) is 8.57. The van der Waals surface area contributed by atoms with Crippen LogP contribution < -0.4 is 9.62 Å². The number of nitrogens with zero attached hydrogens (tertiary/aromatic N) is 1. The molecule has 27 heavy (non-hydrogen) atoms. The Labute approximate surface area is 161 Å². The van der Waals surface area contributed by atoms with E-state index in [-0.39, 0.29) is 17.7 Å². The number of nitrogens with one attached hydrogen (secondary N) is 1. The van der Waals surface area contributed by atoms with Crippen LogP contribution in [0.2, 0.25) is 0 Å². The Kier molecular flexibility index (Phi) is 6.16. The molecule has 1 atom stereocenters. The second-order valence-corrected chi connectivity index (χ2v) is 9.05. The topological polar surface area (TPSA) is 66.5 Å². The summed E-state index contributed by atoms with van der Waals surface area (Å²) < 4.78 is 25.8. The number of amides is 1. The lowest BCUT2D eigenvalue weighted by Gasteiger charge is -2.28. The van der Waals surface area contributed by atoms with Crippen LogP contribution in [0.25, 0.3) is 0 Å². The zero-order valence-electron chi connectivity index (χ0n) is 15.6. The van der Waals surface area contributed by atoms with Crippen molar-refractivity contribution in [3.8, 4) is 0 Å². The normalized spacial score (nSPS) is 17.3. The van der Waals surface area contributed by atoms with E-state index in [1.54, 1.807) is 24.3 Å². The largest absolute Gasteiger partial charge is 0.350 e. The molecule has 1 N–H and O–H groups in total. The summed E-state index contributed by atoms with van der Waals surface area (Å²) >= 11 is 0. The van der Waals surface area contributed by atoms with E-state index in [2.05, 4.69) is 17.4 Å². The summed E-state index contributed by atoms with van der Waals surface area (Å²) in [5.74, 6) is 0.0531. The monoisotopic (exact) mass is 386 g/mol. The SMILES string of the molecule is C[C@H](CCc1ccccc1)NC(=O)c1ccc(N2CCCCS2(=O)=O)cc1. The van der Waals surface area contributed by atoms with Crippen LogP contribution in [0.1, 0.15) is 42.1 Å². The molecule has 2 aromatic carbocycles. The predicted molar refractivity (Wildman–Crippen MR) is 109 cm³/mol. The minimum absolute atomic E-state index is 0.0554. The fourth-order valence-corrected chi connectivity index (χ4v) is 4.90. The molecule has 6 heteroatoms. The lowest BCUT2D eigenvalue weighted by molar-refractivity contribution is 0.0938. The number of benzene rings is 2. The van der Waals surface area contributed by atoms with Crippen LogP contribution in [0, 0.1) is 0 Å². The van der Waals surface area contributed by atoms with Gasteiger partial charge >= 0.3 is 0 Å². The van der Waals surface area contributed by atoms with E-state index in [0.717, 1.165) is 19.3 Å². The van der Waals surface area contributed by atoms with Gasteiger partial charge in [-0.2, -0.15) is 0 Å². The number of aryl methyl sites for hydroxylation is 1. The van der Waals surface area contributed by atoms with Gasteiger partial charge in [0.1, 0.15) is 0 Å². The first-order valence-electron chi connectivity index (χ1n) is 9.41. The molecule has 0 bridgehead atoms. The molecule has 2 aromatic rings. The smallest absolute Gasteiger partial charge is 0.251 e. The van der Waals surface area contributed by atoms with Crippen molar-refractivity contribution in [1.82, 2.24) is 5.32 Å². The lowest BCUT2D eigenvalue weighted by Crippen LogP contribution is -2.38. The molecule has 3 rings (SSSR count). The van der Waals surface area contributed by atoms with Gasteiger partial charge in [-0.25, -0.2) is 8.42 Å². The first-order chi connectivity index (χ1) is 13.0. The minimum Gasteiger partial charge on any atom is -0.350 e. The van der Waals surface area contributed by atoms with E-state index in [1.807, 2.05) is 25.1 Å². The Bertz CT molecular complexity index is 864. The number of carbonyl (C=O) groups is 1. The van der Waals surface area contributed by atoms with Crippen molar-refractivity contribution in [1.29, 1.82) is 0 Å². The Balaban J connectivity index is 1.57. The van der Waals surface area contributed by atoms with E-state index in [1.165, 1.54) is 9.87 Å². The first-order valence-corrected chi connectivity index (χ1v) is 11.0. The van der Waals surface area contributed by atoms with E-state index >= 15 is 0 Å². The summed E-state index contributed by atoms with van der Waals surface area (Å²) in [6, 6.07) is 17.1. The van der Waals surface area contributed by atoms with Gasteiger partial charge in [-0.1, -0.05) is 30.3 Å². The zero-order chi connectivity index (χ0) is 19.3. The Hall–Kier alpha value is -2.34. The van der Waals surface area contributed by atoms with E-state index in [0.29, 0.717) is 24.2 Å². The third-order valence-electron chi connectivity index (χ3n) is 4.85. The molecule has 1 amide bonds. The number of hydrogen-bond donors (Lipinski definition) is 1. The average Bonchev–Trinajstić information content (AvgIpc) is 2.67. The third kappa shape index (κ3) is 5.10. The molecule has 0 aromatic heterocycles. The van der Waals surface area contributed by atoms with Crippen molar-refractivity contribution in [2.75, 3.05) is 16.6 Å². The van der Waals surface area contributed by atoms with Crippen molar-refractivity contribution in [2.45, 2.75) is 38.6 Å². The molecule has 1 heterocycles. The van der Waals surface area contributed by atoms with Crippen LogP contribution in [-0.2, 0) is 16.4 Å². The van der Waals surface area contributed by atoms with Gasteiger partial charge in [0.15, 0.2) is 0 Å². The molecular formula is C21H26N2O3S. The molecule has 0 aliphatic carbocycles. The highest BCUT2D eigenvalue weighted by Gasteiger charge is 2.26. The van der Waals surface area contributed by atoms with Gasteiger partial charge in [-0.05, 0) is 62.4 Å². The molecular weight excluding hydrogens is 360 g/mol. The third-order valence-corrected chi connectivity index (χ3v) is 6.72.